The molecule has 0 radical (unpaired) electrons. The van der Waals surface area contributed by atoms with Crippen molar-refractivity contribution in [3.63, 3.8) is 0 Å². The Kier molecular flexibility index (Phi) is 8.65. The van der Waals surface area contributed by atoms with E-state index in [1.807, 2.05) is 6.07 Å². The molecule has 2 atom stereocenters. The van der Waals surface area contributed by atoms with Crippen LogP contribution in [0.3, 0.4) is 0 Å². The minimum Gasteiger partial charge on any atom is -0.399 e. The molecule has 10 heteroatoms. The number of hydrogen-bond donors (Lipinski definition) is 2. The van der Waals surface area contributed by atoms with E-state index < -0.39 is 23.9 Å². The van der Waals surface area contributed by atoms with E-state index in [0.717, 1.165) is 6.07 Å². The molecule has 1 aliphatic heterocycles. The molecule has 2 amide bonds. The third kappa shape index (κ3) is 6.83. The maximum atomic E-state index is 13.4. The molecule has 0 aromatic heterocycles. The Morgan fingerprint density at radius 2 is 1.72 bits per heavy atom. The van der Waals surface area contributed by atoms with Gasteiger partial charge < -0.3 is 20.2 Å². The van der Waals surface area contributed by atoms with E-state index in [2.05, 4.69) is 10.5 Å². The van der Waals surface area contributed by atoms with Crippen molar-refractivity contribution in [1.29, 1.82) is 0 Å². The first kappa shape index (κ1) is 27.8. The minimum absolute atomic E-state index is 0.0173. The lowest BCUT2D eigenvalue weighted by Crippen LogP contribution is -2.40. The molecule has 0 bridgehead atoms. The lowest BCUT2D eigenvalue weighted by Gasteiger charge is -2.24. The number of rotatable bonds is 8. The predicted octanol–water partition coefficient (Wildman–Crippen LogP) is 4.83. The SMILES string of the molecule is CON=C1C[C@@H](CC(=O)NC[C@@H](O)c2ccccc2)N(C(=O)c2ccc(-c3ccccc3C(F)(F)F)cc2)C1. The van der Waals surface area contributed by atoms with E-state index in [4.69, 9.17) is 4.84 Å². The summed E-state index contributed by atoms with van der Waals surface area (Å²) < 4.78 is 40.3. The Labute approximate surface area is 223 Å². The Morgan fingerprint density at radius 3 is 2.38 bits per heavy atom. The number of benzene rings is 3. The van der Waals surface area contributed by atoms with Gasteiger partial charge in [0.25, 0.3) is 5.91 Å². The molecular formula is C29H28F3N3O4. The number of aliphatic hydroxyl groups is 1. The number of amides is 2. The van der Waals surface area contributed by atoms with Gasteiger partial charge in [-0.2, -0.15) is 13.2 Å². The van der Waals surface area contributed by atoms with Gasteiger partial charge in [0.15, 0.2) is 0 Å². The lowest BCUT2D eigenvalue weighted by atomic mass is 9.98. The van der Waals surface area contributed by atoms with Crippen LogP contribution in [0.2, 0.25) is 0 Å². The van der Waals surface area contributed by atoms with E-state index >= 15 is 0 Å². The summed E-state index contributed by atoms with van der Waals surface area (Å²) in [4.78, 5) is 32.5. The number of alkyl halides is 3. The van der Waals surface area contributed by atoms with Crippen molar-refractivity contribution in [2.75, 3.05) is 20.2 Å². The first-order valence-corrected chi connectivity index (χ1v) is 12.3. The standard InChI is InChI=1S/C29H28F3N3O4/c1-39-34-22-15-23(16-27(37)33-17-26(36)20-7-3-2-4-8-20)35(18-22)28(38)21-13-11-19(12-14-21)24-9-5-6-10-25(24)29(30,31)32/h2-14,23,26,36H,15-18H2,1H3,(H,33,37)/t23-,26+/m0/s1. The second-order valence-electron chi connectivity index (χ2n) is 9.19. The molecule has 7 nitrogen and oxygen atoms in total. The van der Waals surface area contributed by atoms with Crippen molar-refractivity contribution in [1.82, 2.24) is 10.2 Å². The van der Waals surface area contributed by atoms with Gasteiger partial charge in [-0.15, -0.1) is 0 Å². The monoisotopic (exact) mass is 539 g/mol. The van der Waals surface area contributed by atoms with Crippen molar-refractivity contribution < 1.29 is 32.7 Å². The van der Waals surface area contributed by atoms with Crippen LogP contribution in [-0.4, -0.2) is 53.8 Å². The highest BCUT2D eigenvalue weighted by Gasteiger charge is 2.36. The Morgan fingerprint density at radius 1 is 1.05 bits per heavy atom. The summed E-state index contributed by atoms with van der Waals surface area (Å²) in [5.74, 6) is -0.723. The molecule has 1 aliphatic rings. The summed E-state index contributed by atoms with van der Waals surface area (Å²) in [5, 5.41) is 17.0. The number of oxime groups is 1. The Balaban J connectivity index is 1.46. The van der Waals surface area contributed by atoms with Crippen molar-refractivity contribution in [2.45, 2.75) is 31.2 Å². The van der Waals surface area contributed by atoms with Gasteiger partial charge in [-0.1, -0.05) is 65.8 Å². The van der Waals surface area contributed by atoms with Crippen molar-refractivity contribution >= 4 is 17.5 Å². The number of carbonyl (C=O) groups is 2. The molecular weight excluding hydrogens is 511 g/mol. The lowest BCUT2D eigenvalue weighted by molar-refractivity contribution is -0.137. The Hall–Kier alpha value is -4.18. The van der Waals surface area contributed by atoms with Gasteiger partial charge in [0.05, 0.1) is 23.9 Å². The van der Waals surface area contributed by atoms with E-state index in [1.54, 1.807) is 24.3 Å². The molecule has 1 saturated heterocycles. The molecule has 39 heavy (non-hydrogen) atoms. The van der Waals surface area contributed by atoms with Crippen LogP contribution in [0.15, 0.2) is 84.0 Å². The number of aliphatic hydroxyl groups excluding tert-OH is 1. The largest absolute Gasteiger partial charge is 0.417 e. The maximum absolute atomic E-state index is 13.4. The summed E-state index contributed by atoms with van der Waals surface area (Å²) in [6, 6.07) is 19.6. The normalized spacial score (nSPS) is 17.2. The highest BCUT2D eigenvalue weighted by atomic mass is 19.4. The quantitative estimate of drug-likeness (QED) is 0.402. The average Bonchev–Trinajstić information content (AvgIpc) is 3.33. The molecule has 2 N–H and O–H groups in total. The van der Waals surface area contributed by atoms with Crippen LogP contribution in [0, 0.1) is 0 Å². The summed E-state index contributed by atoms with van der Waals surface area (Å²) >= 11 is 0. The zero-order valence-corrected chi connectivity index (χ0v) is 21.2. The topological polar surface area (TPSA) is 91.2 Å². The molecule has 204 valence electrons. The number of nitrogens with one attached hydrogen (secondary N) is 1. The fourth-order valence-corrected chi connectivity index (χ4v) is 4.62. The molecule has 3 aromatic rings. The smallest absolute Gasteiger partial charge is 0.399 e. The third-order valence-electron chi connectivity index (χ3n) is 6.52. The number of carbonyl (C=O) groups excluding carboxylic acids is 2. The number of hydrogen-bond acceptors (Lipinski definition) is 5. The van der Waals surface area contributed by atoms with Gasteiger partial charge >= 0.3 is 6.18 Å². The molecule has 3 aromatic carbocycles. The average molecular weight is 540 g/mol. The number of halogens is 3. The van der Waals surface area contributed by atoms with Crippen molar-refractivity contribution in [3.8, 4) is 11.1 Å². The zero-order chi connectivity index (χ0) is 28.0. The maximum Gasteiger partial charge on any atom is 0.417 e. The summed E-state index contributed by atoms with van der Waals surface area (Å²) in [5.41, 5.74) is 1.12. The molecule has 0 spiro atoms. The van der Waals surface area contributed by atoms with Crippen molar-refractivity contribution in [3.05, 3.63) is 95.6 Å². The second kappa shape index (κ2) is 12.1. The molecule has 4 rings (SSSR count). The van der Waals surface area contributed by atoms with Gasteiger partial charge in [0.1, 0.15) is 7.11 Å². The van der Waals surface area contributed by atoms with Gasteiger partial charge in [0, 0.05) is 31.0 Å². The van der Waals surface area contributed by atoms with Crippen molar-refractivity contribution in [2.24, 2.45) is 5.16 Å². The second-order valence-corrected chi connectivity index (χ2v) is 9.19. The van der Waals surface area contributed by atoms with Crippen LogP contribution >= 0.6 is 0 Å². The predicted molar refractivity (Wildman–Crippen MR) is 140 cm³/mol. The molecule has 1 heterocycles. The van der Waals surface area contributed by atoms with Crippen LogP contribution in [0.4, 0.5) is 13.2 Å². The summed E-state index contributed by atoms with van der Waals surface area (Å²) in [6.07, 6.45) is -5.08. The summed E-state index contributed by atoms with van der Waals surface area (Å²) in [6.45, 7) is 0.166. The van der Waals surface area contributed by atoms with Gasteiger partial charge in [-0.05, 0) is 34.9 Å². The zero-order valence-electron chi connectivity index (χ0n) is 21.2. The van der Waals surface area contributed by atoms with Gasteiger partial charge in [0.2, 0.25) is 5.91 Å². The fourth-order valence-electron chi connectivity index (χ4n) is 4.62. The first-order chi connectivity index (χ1) is 18.7. The van der Waals surface area contributed by atoms with E-state index in [1.165, 1.54) is 54.5 Å². The molecule has 1 fully saturated rings. The number of likely N-dealkylation sites (tertiary alicyclic amines) is 1. The third-order valence-corrected chi connectivity index (χ3v) is 6.52. The molecule has 0 aliphatic carbocycles. The van der Waals surface area contributed by atoms with E-state index in [-0.39, 0.29) is 42.5 Å². The number of nitrogens with zero attached hydrogens (tertiary/aromatic N) is 2. The van der Waals surface area contributed by atoms with Gasteiger partial charge in [-0.25, -0.2) is 0 Å². The summed E-state index contributed by atoms with van der Waals surface area (Å²) in [7, 11) is 1.39. The van der Waals surface area contributed by atoms with E-state index in [0.29, 0.717) is 23.3 Å². The highest BCUT2D eigenvalue weighted by molar-refractivity contribution is 6.01. The molecule has 0 unspecified atom stereocenters. The minimum atomic E-state index is -4.51. The van der Waals surface area contributed by atoms with Crippen LogP contribution in [-0.2, 0) is 15.8 Å². The first-order valence-electron chi connectivity index (χ1n) is 12.3. The fraction of sp³-hybridized carbons (Fsp3) is 0.276. The van der Waals surface area contributed by atoms with E-state index in [9.17, 15) is 27.9 Å². The van der Waals surface area contributed by atoms with Crippen LogP contribution in [0.5, 0.6) is 0 Å². The van der Waals surface area contributed by atoms with Crippen LogP contribution in [0.1, 0.15) is 40.4 Å². The highest BCUT2D eigenvalue weighted by Crippen LogP contribution is 2.37. The van der Waals surface area contributed by atoms with Crippen LogP contribution in [0.25, 0.3) is 11.1 Å². The molecule has 0 saturated carbocycles. The van der Waals surface area contributed by atoms with Gasteiger partial charge in [-0.3, -0.25) is 9.59 Å². The Bertz CT molecular complexity index is 1330. The van der Waals surface area contributed by atoms with Crippen LogP contribution < -0.4 is 5.32 Å².